The van der Waals surface area contributed by atoms with Crippen LogP contribution in [0, 0.1) is 0 Å². The van der Waals surface area contributed by atoms with E-state index in [1.54, 1.807) is 0 Å². The fraction of sp³-hybridized carbons (Fsp3) is 0.381. The maximum Gasteiger partial charge on any atom is 0.231 e. The van der Waals surface area contributed by atoms with Crippen LogP contribution in [0.3, 0.4) is 0 Å². The van der Waals surface area contributed by atoms with Gasteiger partial charge in [0.05, 0.1) is 12.6 Å². The first-order valence-corrected chi connectivity index (χ1v) is 9.89. The zero-order valence-corrected chi connectivity index (χ0v) is 16.7. The lowest BCUT2D eigenvalue weighted by Gasteiger charge is -2.52. The van der Waals surface area contributed by atoms with Crippen molar-refractivity contribution in [3.8, 4) is 23.0 Å². The summed E-state index contributed by atoms with van der Waals surface area (Å²) in [4.78, 5) is 2.10. The van der Waals surface area contributed by atoms with Crippen LogP contribution in [0.5, 0.6) is 23.0 Å². The van der Waals surface area contributed by atoms with Crippen LogP contribution in [0.4, 0.5) is 0 Å². The van der Waals surface area contributed by atoms with Gasteiger partial charge >= 0.3 is 0 Å². The molecule has 3 aliphatic heterocycles. The third-order valence-electron chi connectivity index (χ3n) is 5.48. The number of benzene rings is 2. The lowest BCUT2D eigenvalue weighted by molar-refractivity contribution is -0.0738. The number of hydrogen-bond donors (Lipinski definition) is 1. The molecule has 7 heteroatoms. The molecule has 0 aromatic heterocycles. The number of nitrogens with zero attached hydrogens (tertiary/aromatic N) is 1. The van der Waals surface area contributed by atoms with Gasteiger partial charge in [-0.3, -0.25) is 0 Å². The third kappa shape index (κ3) is 2.73. The van der Waals surface area contributed by atoms with Crippen LogP contribution in [0.2, 0.25) is 0 Å². The van der Waals surface area contributed by atoms with Crippen molar-refractivity contribution in [2.45, 2.75) is 38.6 Å². The quantitative estimate of drug-likeness (QED) is 0.788. The van der Waals surface area contributed by atoms with Gasteiger partial charge in [0, 0.05) is 18.5 Å². The van der Waals surface area contributed by atoms with Crippen molar-refractivity contribution in [2.75, 3.05) is 13.4 Å². The Morgan fingerprint density at radius 1 is 1.25 bits per heavy atom. The second-order valence-electron chi connectivity index (χ2n) is 7.36. The Bertz CT molecular complexity index is 950. The molecule has 1 N–H and O–H groups in total. The predicted octanol–water partition coefficient (Wildman–Crippen LogP) is 3.74. The normalized spacial score (nSPS) is 24.3. The summed E-state index contributed by atoms with van der Waals surface area (Å²) in [6, 6.07) is 12.1. The summed E-state index contributed by atoms with van der Waals surface area (Å²) >= 11 is 5.71. The monoisotopic (exact) mass is 398 g/mol. The van der Waals surface area contributed by atoms with Gasteiger partial charge in [0.25, 0.3) is 0 Å². The lowest BCUT2D eigenvalue weighted by atomic mass is 9.90. The van der Waals surface area contributed by atoms with Gasteiger partial charge in [-0.25, -0.2) is 0 Å². The smallest absolute Gasteiger partial charge is 0.231 e. The topological polar surface area (TPSA) is 52.2 Å². The van der Waals surface area contributed by atoms with Gasteiger partial charge in [-0.1, -0.05) is 18.2 Å². The number of para-hydroxylation sites is 1. The van der Waals surface area contributed by atoms with E-state index < -0.39 is 5.72 Å². The minimum absolute atomic E-state index is 0.106. The summed E-state index contributed by atoms with van der Waals surface area (Å²) in [5, 5.41) is 4.17. The van der Waals surface area contributed by atoms with Gasteiger partial charge in [0.2, 0.25) is 6.79 Å². The van der Waals surface area contributed by atoms with Gasteiger partial charge < -0.3 is 29.2 Å². The molecule has 0 amide bonds. The molecule has 5 rings (SSSR count). The van der Waals surface area contributed by atoms with Crippen LogP contribution in [-0.4, -0.2) is 29.1 Å². The minimum atomic E-state index is -0.566. The second kappa shape index (κ2) is 6.44. The summed E-state index contributed by atoms with van der Waals surface area (Å²) < 4.78 is 23.3. The molecule has 2 atom stereocenters. The summed E-state index contributed by atoms with van der Waals surface area (Å²) in [7, 11) is 0. The van der Waals surface area contributed by atoms with Gasteiger partial charge in [0.1, 0.15) is 0 Å². The Balaban J connectivity index is 1.48. The molecular formula is C21H22N2O4S. The average molecular weight is 398 g/mol. The number of thiocarbonyl (C=S) groups is 1. The zero-order valence-electron chi connectivity index (χ0n) is 15.9. The summed E-state index contributed by atoms with van der Waals surface area (Å²) in [5.74, 6) is 3.12. The van der Waals surface area contributed by atoms with Crippen molar-refractivity contribution in [1.29, 1.82) is 0 Å². The second-order valence-corrected chi connectivity index (χ2v) is 7.75. The average Bonchev–Trinajstić information content (AvgIpc) is 3.14. The van der Waals surface area contributed by atoms with Gasteiger partial charge in [-0.2, -0.15) is 0 Å². The fourth-order valence-corrected chi connectivity index (χ4v) is 4.53. The first kappa shape index (κ1) is 17.4. The predicted molar refractivity (Wildman–Crippen MR) is 108 cm³/mol. The largest absolute Gasteiger partial charge is 0.490 e. The van der Waals surface area contributed by atoms with Crippen molar-refractivity contribution in [2.24, 2.45) is 0 Å². The summed E-state index contributed by atoms with van der Waals surface area (Å²) in [6.07, 6.45) is 0.792. The highest BCUT2D eigenvalue weighted by molar-refractivity contribution is 7.80. The highest BCUT2D eigenvalue weighted by atomic mass is 32.1. The maximum absolute atomic E-state index is 6.54. The van der Waals surface area contributed by atoms with Gasteiger partial charge in [-0.05, 0) is 49.8 Å². The van der Waals surface area contributed by atoms with E-state index in [0.29, 0.717) is 18.3 Å². The molecule has 146 valence electrons. The van der Waals surface area contributed by atoms with Crippen molar-refractivity contribution in [3.05, 3.63) is 47.5 Å². The molecule has 3 aliphatic rings. The maximum atomic E-state index is 6.54. The number of hydrogen-bond acceptors (Lipinski definition) is 5. The van der Waals surface area contributed by atoms with E-state index in [2.05, 4.69) is 23.2 Å². The Hall–Kier alpha value is -2.67. The Labute approximate surface area is 169 Å². The summed E-state index contributed by atoms with van der Waals surface area (Å²) in [6.45, 7) is 5.53. The molecule has 1 saturated heterocycles. The van der Waals surface area contributed by atoms with Crippen LogP contribution >= 0.6 is 12.2 Å². The summed E-state index contributed by atoms with van der Waals surface area (Å²) in [5.41, 5.74) is 1.61. The first-order chi connectivity index (χ1) is 13.6. The molecule has 0 radical (unpaired) electrons. The molecule has 3 heterocycles. The van der Waals surface area contributed by atoms with E-state index in [1.807, 2.05) is 37.3 Å². The molecule has 0 saturated carbocycles. The molecule has 1 fully saturated rings. The molecule has 6 nitrogen and oxygen atoms in total. The number of ether oxygens (including phenoxy) is 4. The van der Waals surface area contributed by atoms with Crippen molar-refractivity contribution >= 4 is 17.3 Å². The molecule has 2 aromatic carbocycles. The number of rotatable bonds is 4. The Morgan fingerprint density at radius 3 is 2.96 bits per heavy atom. The van der Waals surface area contributed by atoms with E-state index in [1.165, 1.54) is 0 Å². The SMILES string of the molecule is CCOc1cccc2c1O[C@]1(C)C[C@@H]2NC(=S)N1Cc1ccc2c(c1)OCO2. The minimum Gasteiger partial charge on any atom is -0.490 e. The van der Waals surface area contributed by atoms with E-state index in [0.717, 1.165) is 40.5 Å². The van der Waals surface area contributed by atoms with Crippen molar-refractivity contribution in [1.82, 2.24) is 10.2 Å². The van der Waals surface area contributed by atoms with Crippen LogP contribution in [0.1, 0.15) is 37.4 Å². The molecule has 2 aromatic rings. The fourth-order valence-electron chi connectivity index (χ4n) is 4.13. The molecule has 0 spiro atoms. The Kier molecular flexibility index (Phi) is 4.01. The standard InChI is InChI=1S/C21H22N2O4S/c1-3-24-17-6-4-5-14-15-10-21(2,27-19(14)17)23(20(28)22-15)11-13-7-8-16-18(9-13)26-12-25-16/h4-9,15H,3,10-12H2,1-2H3,(H,22,28)/t15-,21+/m0/s1. The molecule has 28 heavy (non-hydrogen) atoms. The van der Waals surface area contributed by atoms with Gasteiger partial charge in [0.15, 0.2) is 33.8 Å². The van der Waals surface area contributed by atoms with Crippen molar-refractivity contribution in [3.63, 3.8) is 0 Å². The van der Waals surface area contributed by atoms with Crippen LogP contribution in [0.25, 0.3) is 0 Å². The molecule has 2 bridgehead atoms. The zero-order chi connectivity index (χ0) is 19.3. The van der Waals surface area contributed by atoms with E-state index in [4.69, 9.17) is 31.2 Å². The van der Waals surface area contributed by atoms with E-state index >= 15 is 0 Å². The number of nitrogens with one attached hydrogen (secondary N) is 1. The van der Waals surface area contributed by atoms with Crippen molar-refractivity contribution < 1.29 is 18.9 Å². The Morgan fingerprint density at radius 2 is 2.11 bits per heavy atom. The molecule has 0 unspecified atom stereocenters. The lowest BCUT2D eigenvalue weighted by Crippen LogP contribution is -2.64. The van der Waals surface area contributed by atoms with E-state index in [9.17, 15) is 0 Å². The third-order valence-corrected chi connectivity index (χ3v) is 5.82. The van der Waals surface area contributed by atoms with E-state index in [-0.39, 0.29) is 12.8 Å². The number of fused-ring (bicyclic) bond motifs is 5. The molecule has 0 aliphatic carbocycles. The van der Waals surface area contributed by atoms with Crippen LogP contribution in [-0.2, 0) is 6.54 Å². The van der Waals surface area contributed by atoms with Crippen LogP contribution in [0.15, 0.2) is 36.4 Å². The highest BCUT2D eigenvalue weighted by Crippen LogP contribution is 2.48. The highest BCUT2D eigenvalue weighted by Gasteiger charge is 2.48. The van der Waals surface area contributed by atoms with Gasteiger partial charge in [-0.15, -0.1) is 0 Å². The van der Waals surface area contributed by atoms with Crippen LogP contribution < -0.4 is 24.3 Å². The molecular weight excluding hydrogens is 376 g/mol. The first-order valence-electron chi connectivity index (χ1n) is 9.49.